The summed E-state index contributed by atoms with van der Waals surface area (Å²) in [6, 6.07) is 12.4. The predicted octanol–water partition coefficient (Wildman–Crippen LogP) is 3.55. The summed E-state index contributed by atoms with van der Waals surface area (Å²) in [5.74, 6) is -0.171. The number of halogens is 2. The normalized spacial score (nSPS) is 10.3. The maximum Gasteiger partial charge on any atom is 0.251 e. The van der Waals surface area contributed by atoms with Crippen molar-refractivity contribution in [3.8, 4) is 0 Å². The third-order valence-corrected chi connectivity index (χ3v) is 3.43. The van der Waals surface area contributed by atoms with Crippen molar-refractivity contribution in [2.75, 3.05) is 12.3 Å². The van der Waals surface area contributed by atoms with E-state index in [1.54, 1.807) is 18.2 Å². The number of benzene rings is 2. The van der Waals surface area contributed by atoms with Gasteiger partial charge in [-0.05, 0) is 42.3 Å². The Bertz CT molecular complexity index is 629. The zero-order valence-corrected chi connectivity index (χ0v) is 12.2. The summed E-state index contributed by atoms with van der Waals surface area (Å²) >= 11 is 11.7. The maximum absolute atomic E-state index is 11.9. The topological polar surface area (TPSA) is 55.1 Å². The third kappa shape index (κ3) is 3.89. The molecule has 0 saturated carbocycles. The quantitative estimate of drug-likeness (QED) is 0.849. The summed E-state index contributed by atoms with van der Waals surface area (Å²) in [5.41, 5.74) is 7.64. The molecule has 0 bridgehead atoms. The van der Waals surface area contributed by atoms with Crippen LogP contribution in [0.4, 0.5) is 5.69 Å². The molecule has 0 spiro atoms. The molecule has 0 fully saturated rings. The van der Waals surface area contributed by atoms with Crippen LogP contribution in [0.2, 0.25) is 10.0 Å². The lowest BCUT2D eigenvalue weighted by Gasteiger charge is -2.07. The number of amides is 1. The number of nitrogens with one attached hydrogen (secondary N) is 1. The fourth-order valence-corrected chi connectivity index (χ4v) is 2.13. The molecular weight excluding hydrogens is 295 g/mol. The number of rotatable bonds is 4. The van der Waals surface area contributed by atoms with Gasteiger partial charge in [0, 0.05) is 17.1 Å². The lowest BCUT2D eigenvalue weighted by atomic mass is 10.1. The molecule has 0 unspecified atom stereocenters. The minimum atomic E-state index is -0.171. The molecule has 0 atom stereocenters. The first-order chi connectivity index (χ1) is 9.56. The Morgan fingerprint density at radius 2 is 1.95 bits per heavy atom. The molecule has 5 heteroatoms. The minimum Gasteiger partial charge on any atom is -0.398 e. The highest BCUT2D eigenvalue weighted by molar-refractivity contribution is 6.33. The number of nitrogens with two attached hydrogens (primary N) is 1. The van der Waals surface area contributed by atoms with Crippen LogP contribution in [0.3, 0.4) is 0 Å². The fourth-order valence-electron chi connectivity index (χ4n) is 1.80. The van der Waals surface area contributed by atoms with Gasteiger partial charge < -0.3 is 11.1 Å². The largest absolute Gasteiger partial charge is 0.398 e. The Balaban J connectivity index is 1.90. The predicted molar refractivity (Wildman–Crippen MR) is 83.4 cm³/mol. The maximum atomic E-state index is 11.9. The number of carbonyl (C=O) groups excluding carboxylic acids is 1. The first-order valence-corrected chi connectivity index (χ1v) is 6.89. The molecule has 2 aromatic rings. The summed E-state index contributed by atoms with van der Waals surface area (Å²) in [4.78, 5) is 11.9. The van der Waals surface area contributed by atoms with Gasteiger partial charge in [-0.25, -0.2) is 0 Å². The average molecular weight is 309 g/mol. The van der Waals surface area contributed by atoms with Crippen LogP contribution in [0.25, 0.3) is 0 Å². The van der Waals surface area contributed by atoms with Crippen LogP contribution in [0.5, 0.6) is 0 Å². The number of anilines is 1. The van der Waals surface area contributed by atoms with Crippen molar-refractivity contribution in [2.24, 2.45) is 0 Å². The second kappa shape index (κ2) is 6.64. The van der Waals surface area contributed by atoms with Crippen molar-refractivity contribution in [1.82, 2.24) is 5.32 Å². The lowest BCUT2D eigenvalue weighted by Crippen LogP contribution is -2.25. The monoisotopic (exact) mass is 308 g/mol. The summed E-state index contributed by atoms with van der Waals surface area (Å²) in [6.45, 7) is 0.529. The molecule has 0 radical (unpaired) electrons. The first-order valence-electron chi connectivity index (χ1n) is 6.14. The molecule has 0 aliphatic rings. The third-order valence-electron chi connectivity index (χ3n) is 2.85. The van der Waals surface area contributed by atoms with Crippen LogP contribution in [0.1, 0.15) is 15.9 Å². The van der Waals surface area contributed by atoms with E-state index in [9.17, 15) is 4.79 Å². The van der Waals surface area contributed by atoms with E-state index < -0.39 is 0 Å². The van der Waals surface area contributed by atoms with Gasteiger partial charge in [-0.1, -0.05) is 35.3 Å². The Labute approximate surface area is 127 Å². The van der Waals surface area contributed by atoms with Crippen molar-refractivity contribution in [3.05, 3.63) is 63.6 Å². The van der Waals surface area contributed by atoms with Gasteiger partial charge in [0.05, 0.1) is 10.7 Å². The number of hydrogen-bond acceptors (Lipinski definition) is 2. The van der Waals surface area contributed by atoms with Gasteiger partial charge in [0.15, 0.2) is 0 Å². The van der Waals surface area contributed by atoms with Gasteiger partial charge >= 0.3 is 0 Å². The van der Waals surface area contributed by atoms with Crippen molar-refractivity contribution < 1.29 is 4.79 Å². The van der Waals surface area contributed by atoms with Gasteiger partial charge in [-0.15, -0.1) is 0 Å². The summed E-state index contributed by atoms with van der Waals surface area (Å²) < 4.78 is 0. The number of nitrogen functional groups attached to an aromatic ring is 1. The van der Waals surface area contributed by atoms with Gasteiger partial charge in [0.1, 0.15) is 0 Å². The van der Waals surface area contributed by atoms with E-state index in [1.165, 1.54) is 0 Å². The van der Waals surface area contributed by atoms with Crippen molar-refractivity contribution >= 4 is 34.8 Å². The lowest BCUT2D eigenvalue weighted by molar-refractivity contribution is 0.0954. The van der Waals surface area contributed by atoms with Crippen molar-refractivity contribution in [1.29, 1.82) is 0 Å². The molecule has 1 amide bonds. The Hall–Kier alpha value is -1.71. The molecule has 0 saturated heterocycles. The fraction of sp³-hybridized carbons (Fsp3) is 0.133. The zero-order chi connectivity index (χ0) is 14.5. The van der Waals surface area contributed by atoms with Crippen LogP contribution in [-0.4, -0.2) is 12.5 Å². The van der Waals surface area contributed by atoms with E-state index >= 15 is 0 Å². The summed E-state index contributed by atoms with van der Waals surface area (Å²) in [7, 11) is 0. The molecule has 0 heterocycles. The summed E-state index contributed by atoms with van der Waals surface area (Å²) in [6.07, 6.45) is 0.718. The molecule has 3 N–H and O–H groups in total. The second-order valence-electron chi connectivity index (χ2n) is 4.37. The second-order valence-corrected chi connectivity index (χ2v) is 5.22. The highest BCUT2D eigenvalue weighted by Crippen LogP contribution is 2.19. The molecule has 104 valence electrons. The standard InChI is InChI=1S/C15H14Cl2N2O/c16-12-3-1-2-10(8-12)6-7-19-15(20)11-4-5-13(17)14(18)9-11/h1-5,8-9H,6-7,18H2,(H,19,20). The number of carbonyl (C=O) groups is 1. The van der Waals surface area contributed by atoms with E-state index in [0.29, 0.717) is 27.8 Å². The van der Waals surface area contributed by atoms with Crippen molar-refractivity contribution in [3.63, 3.8) is 0 Å². The van der Waals surface area contributed by atoms with Crippen molar-refractivity contribution in [2.45, 2.75) is 6.42 Å². The van der Waals surface area contributed by atoms with Crippen LogP contribution in [0.15, 0.2) is 42.5 Å². The zero-order valence-electron chi connectivity index (χ0n) is 10.7. The number of hydrogen-bond donors (Lipinski definition) is 2. The molecular formula is C15H14Cl2N2O. The van der Waals surface area contributed by atoms with E-state index in [-0.39, 0.29) is 5.91 Å². The molecule has 0 aliphatic carbocycles. The van der Waals surface area contributed by atoms with Crippen LogP contribution >= 0.6 is 23.2 Å². The molecule has 20 heavy (non-hydrogen) atoms. The smallest absolute Gasteiger partial charge is 0.251 e. The van der Waals surface area contributed by atoms with Gasteiger partial charge in [0.25, 0.3) is 5.91 Å². The SMILES string of the molecule is Nc1cc(C(=O)NCCc2cccc(Cl)c2)ccc1Cl. The van der Waals surface area contributed by atoms with Crippen LogP contribution in [0, 0.1) is 0 Å². The molecule has 3 nitrogen and oxygen atoms in total. The van der Waals surface area contributed by atoms with E-state index in [4.69, 9.17) is 28.9 Å². The Kier molecular flexibility index (Phi) is 4.88. The molecule has 2 aromatic carbocycles. The molecule has 2 rings (SSSR count). The highest BCUT2D eigenvalue weighted by atomic mass is 35.5. The van der Waals surface area contributed by atoms with E-state index in [2.05, 4.69) is 5.32 Å². The Morgan fingerprint density at radius 3 is 2.65 bits per heavy atom. The average Bonchev–Trinajstić information content (AvgIpc) is 2.42. The van der Waals surface area contributed by atoms with Gasteiger partial charge in [-0.2, -0.15) is 0 Å². The molecule has 0 aliphatic heterocycles. The first kappa shape index (κ1) is 14.7. The highest BCUT2D eigenvalue weighted by Gasteiger charge is 2.07. The van der Waals surface area contributed by atoms with Crippen LogP contribution in [-0.2, 0) is 6.42 Å². The van der Waals surface area contributed by atoms with E-state index in [1.807, 2.05) is 24.3 Å². The Morgan fingerprint density at radius 1 is 1.15 bits per heavy atom. The minimum absolute atomic E-state index is 0.171. The van der Waals surface area contributed by atoms with Gasteiger partial charge in [0.2, 0.25) is 0 Å². The van der Waals surface area contributed by atoms with Crippen LogP contribution < -0.4 is 11.1 Å². The van der Waals surface area contributed by atoms with Gasteiger partial charge in [-0.3, -0.25) is 4.79 Å². The molecule has 0 aromatic heterocycles. The summed E-state index contributed by atoms with van der Waals surface area (Å²) in [5, 5.41) is 3.97. The van der Waals surface area contributed by atoms with E-state index in [0.717, 1.165) is 12.0 Å².